The third-order valence-electron chi connectivity index (χ3n) is 4.09. The molecule has 0 aliphatic heterocycles. The minimum absolute atomic E-state index is 0.106. The van der Waals surface area contributed by atoms with Gasteiger partial charge in [0.05, 0.1) is 28.4 Å². The third kappa shape index (κ3) is 6.56. The molecule has 28 heavy (non-hydrogen) atoms. The van der Waals surface area contributed by atoms with E-state index < -0.39 is 12.2 Å². The van der Waals surface area contributed by atoms with Gasteiger partial charge in [0.2, 0.25) is 0 Å². The Morgan fingerprint density at radius 2 is 1.79 bits per heavy atom. The van der Waals surface area contributed by atoms with Gasteiger partial charge in [0.1, 0.15) is 5.75 Å². The van der Waals surface area contributed by atoms with Crippen LogP contribution < -0.4 is 10.6 Å². The maximum absolute atomic E-state index is 11.6. The molecule has 2 unspecified atom stereocenters. The van der Waals surface area contributed by atoms with Crippen molar-refractivity contribution in [3.8, 4) is 5.75 Å². The predicted octanol–water partition coefficient (Wildman–Crippen LogP) is 4.52. The molecular formula is C20H24Cl2N2O4. The molecule has 1 amide bonds. The highest BCUT2D eigenvalue weighted by molar-refractivity contribution is 6.39. The van der Waals surface area contributed by atoms with Crippen LogP contribution in [0.15, 0.2) is 36.4 Å². The fourth-order valence-corrected chi connectivity index (χ4v) is 3.26. The number of aliphatic hydroxyl groups is 1. The van der Waals surface area contributed by atoms with Crippen molar-refractivity contribution in [3.05, 3.63) is 57.6 Å². The smallest absolute Gasteiger partial charge is 0.411 e. The van der Waals surface area contributed by atoms with Crippen LogP contribution in [0.3, 0.4) is 0 Å². The largest absolute Gasteiger partial charge is 0.508 e. The quantitative estimate of drug-likeness (QED) is 0.497. The summed E-state index contributed by atoms with van der Waals surface area (Å²) < 4.78 is 4.81. The Hall–Kier alpha value is -1.99. The minimum atomic E-state index is -0.825. The number of carbonyl (C=O) groups is 1. The van der Waals surface area contributed by atoms with Gasteiger partial charge in [0.15, 0.2) is 0 Å². The van der Waals surface area contributed by atoms with E-state index in [0.29, 0.717) is 12.1 Å². The zero-order chi connectivity index (χ0) is 20.7. The van der Waals surface area contributed by atoms with Gasteiger partial charge in [-0.15, -0.1) is 0 Å². The van der Waals surface area contributed by atoms with Gasteiger partial charge in [0, 0.05) is 12.6 Å². The van der Waals surface area contributed by atoms with Gasteiger partial charge >= 0.3 is 6.09 Å². The van der Waals surface area contributed by atoms with E-state index in [4.69, 9.17) is 27.9 Å². The van der Waals surface area contributed by atoms with Crippen molar-refractivity contribution in [1.29, 1.82) is 0 Å². The van der Waals surface area contributed by atoms with Crippen LogP contribution in [0.4, 0.5) is 10.5 Å². The van der Waals surface area contributed by atoms with Crippen LogP contribution in [0.25, 0.3) is 0 Å². The molecule has 0 heterocycles. The Bertz CT molecular complexity index is 776. The highest BCUT2D eigenvalue weighted by atomic mass is 35.5. The second kappa shape index (κ2) is 10.5. The third-order valence-corrected chi connectivity index (χ3v) is 4.69. The van der Waals surface area contributed by atoms with Crippen LogP contribution >= 0.6 is 23.2 Å². The molecule has 152 valence electrons. The van der Waals surface area contributed by atoms with E-state index in [1.54, 1.807) is 31.2 Å². The van der Waals surface area contributed by atoms with E-state index in [1.165, 1.54) is 0 Å². The molecule has 2 rings (SSSR count). The lowest BCUT2D eigenvalue weighted by Crippen LogP contribution is -2.32. The number of hydrogen-bond donors (Lipinski definition) is 4. The number of anilines is 1. The van der Waals surface area contributed by atoms with Crippen molar-refractivity contribution in [2.24, 2.45) is 0 Å². The van der Waals surface area contributed by atoms with Crippen molar-refractivity contribution in [2.45, 2.75) is 32.4 Å². The lowest BCUT2D eigenvalue weighted by molar-refractivity contribution is 0.168. The number of halogens is 2. The molecule has 0 spiro atoms. The Morgan fingerprint density at radius 3 is 2.36 bits per heavy atom. The number of benzene rings is 2. The summed E-state index contributed by atoms with van der Waals surface area (Å²) in [5.41, 5.74) is 1.85. The van der Waals surface area contributed by atoms with Crippen LogP contribution in [0.2, 0.25) is 10.0 Å². The highest BCUT2D eigenvalue weighted by Crippen LogP contribution is 2.34. The summed E-state index contributed by atoms with van der Waals surface area (Å²) in [6, 6.07) is 10.2. The molecule has 4 N–H and O–H groups in total. The van der Waals surface area contributed by atoms with E-state index in [9.17, 15) is 15.0 Å². The van der Waals surface area contributed by atoms with E-state index in [0.717, 1.165) is 12.0 Å². The van der Waals surface area contributed by atoms with Crippen LogP contribution in [0.5, 0.6) is 5.75 Å². The monoisotopic (exact) mass is 426 g/mol. The minimum Gasteiger partial charge on any atom is -0.508 e. The summed E-state index contributed by atoms with van der Waals surface area (Å²) in [4.78, 5) is 11.6. The predicted molar refractivity (Wildman–Crippen MR) is 111 cm³/mol. The summed E-state index contributed by atoms with van der Waals surface area (Å²) in [5.74, 6) is 0.231. The van der Waals surface area contributed by atoms with Gasteiger partial charge in [-0.05, 0) is 55.7 Å². The molecule has 0 bridgehead atoms. The molecule has 6 nitrogen and oxygen atoms in total. The van der Waals surface area contributed by atoms with Crippen molar-refractivity contribution < 1.29 is 19.7 Å². The van der Waals surface area contributed by atoms with Gasteiger partial charge < -0.3 is 20.3 Å². The molecule has 2 atom stereocenters. The van der Waals surface area contributed by atoms with Crippen LogP contribution in [0, 0.1) is 0 Å². The summed E-state index contributed by atoms with van der Waals surface area (Å²) in [6.07, 6.45) is -0.727. The Labute approximate surface area is 174 Å². The average molecular weight is 427 g/mol. The molecule has 0 radical (unpaired) electrons. The summed E-state index contributed by atoms with van der Waals surface area (Å²) in [7, 11) is 0. The Balaban J connectivity index is 1.95. The zero-order valence-corrected chi connectivity index (χ0v) is 17.2. The molecule has 0 fully saturated rings. The van der Waals surface area contributed by atoms with Gasteiger partial charge in [-0.3, -0.25) is 5.32 Å². The number of phenolic OH excluding ortho intramolecular Hbond substituents is 1. The number of amides is 1. The summed E-state index contributed by atoms with van der Waals surface area (Å²) in [6.45, 7) is 4.23. The Kier molecular flexibility index (Phi) is 8.38. The molecular weight excluding hydrogens is 403 g/mol. The first-order chi connectivity index (χ1) is 13.3. The van der Waals surface area contributed by atoms with Gasteiger partial charge in [-0.25, -0.2) is 4.79 Å². The zero-order valence-electron chi connectivity index (χ0n) is 15.7. The van der Waals surface area contributed by atoms with E-state index >= 15 is 0 Å². The van der Waals surface area contributed by atoms with Crippen molar-refractivity contribution >= 4 is 35.0 Å². The lowest BCUT2D eigenvalue weighted by atomic mass is 10.1. The molecule has 8 heteroatoms. The number of aromatic hydroxyl groups is 1. The van der Waals surface area contributed by atoms with Crippen molar-refractivity contribution in [3.63, 3.8) is 0 Å². The number of ether oxygens (including phenoxy) is 1. The number of aliphatic hydroxyl groups excluding tert-OH is 1. The first-order valence-corrected chi connectivity index (χ1v) is 9.67. The number of rotatable bonds is 8. The normalized spacial score (nSPS) is 13.0. The fraction of sp³-hybridized carbons (Fsp3) is 0.350. The average Bonchev–Trinajstić information content (AvgIpc) is 2.64. The lowest BCUT2D eigenvalue weighted by Gasteiger charge is -2.19. The molecule has 0 aromatic heterocycles. The fourth-order valence-electron chi connectivity index (χ4n) is 2.66. The van der Waals surface area contributed by atoms with Gasteiger partial charge in [-0.1, -0.05) is 35.3 Å². The summed E-state index contributed by atoms with van der Waals surface area (Å²) >= 11 is 12.4. The molecule has 0 saturated heterocycles. The van der Waals surface area contributed by atoms with Crippen molar-refractivity contribution in [2.75, 3.05) is 18.5 Å². The van der Waals surface area contributed by atoms with Crippen LogP contribution in [-0.2, 0) is 11.2 Å². The summed E-state index contributed by atoms with van der Waals surface area (Å²) in [5, 5.41) is 26.0. The number of nitrogens with one attached hydrogen (secondary N) is 2. The topological polar surface area (TPSA) is 90.8 Å². The SMILES string of the molecule is CCOC(=O)Nc1c(Cl)cc(C(O)CNC(C)Cc2ccc(O)cc2)cc1Cl. The molecule has 2 aromatic rings. The number of hydrogen-bond acceptors (Lipinski definition) is 5. The maximum Gasteiger partial charge on any atom is 0.411 e. The van der Waals surface area contributed by atoms with Gasteiger partial charge in [0.25, 0.3) is 0 Å². The number of carbonyl (C=O) groups excluding carboxylic acids is 1. The van der Waals surface area contributed by atoms with E-state index in [2.05, 4.69) is 10.6 Å². The standard InChI is InChI=1S/C20H24Cl2N2O4/c1-3-28-20(27)24-19-16(21)9-14(10-17(19)22)18(26)11-23-12(2)8-13-4-6-15(25)7-5-13/h4-7,9-10,12,18,23,25-26H,3,8,11H2,1-2H3,(H,24,27). The van der Waals surface area contributed by atoms with Gasteiger partial charge in [-0.2, -0.15) is 0 Å². The first kappa shape index (κ1) is 22.3. The molecule has 0 saturated carbocycles. The molecule has 0 aliphatic carbocycles. The molecule has 2 aromatic carbocycles. The second-order valence-corrected chi connectivity index (χ2v) is 7.22. The van der Waals surface area contributed by atoms with E-state index in [-0.39, 0.29) is 34.1 Å². The Morgan fingerprint density at radius 1 is 1.18 bits per heavy atom. The molecule has 0 aliphatic rings. The second-order valence-electron chi connectivity index (χ2n) is 6.40. The highest BCUT2D eigenvalue weighted by Gasteiger charge is 2.16. The maximum atomic E-state index is 11.6. The van der Waals surface area contributed by atoms with Crippen LogP contribution in [-0.4, -0.2) is 35.5 Å². The van der Waals surface area contributed by atoms with Crippen molar-refractivity contribution in [1.82, 2.24) is 5.32 Å². The first-order valence-electron chi connectivity index (χ1n) is 8.92. The number of phenols is 1. The van der Waals surface area contributed by atoms with Crippen LogP contribution in [0.1, 0.15) is 31.1 Å². The van der Waals surface area contributed by atoms with E-state index in [1.807, 2.05) is 19.1 Å².